The van der Waals surface area contributed by atoms with E-state index in [0.717, 1.165) is 39.4 Å². The molecule has 2 aromatic heterocycles. The molecule has 73 heavy (non-hydrogen) atoms. The molecule has 0 aliphatic heterocycles. The first-order valence-electron chi connectivity index (χ1n) is 26.3. The molecule has 356 valence electrons. The van der Waals surface area contributed by atoms with Crippen molar-refractivity contribution in [1.82, 2.24) is 0 Å². The van der Waals surface area contributed by atoms with Gasteiger partial charge in [0.25, 0.3) is 0 Å². The second-order valence-electron chi connectivity index (χ2n) is 24.8. The number of fused-ring (bicyclic) bond motifs is 22. The van der Waals surface area contributed by atoms with Crippen LogP contribution in [0.1, 0.15) is 126 Å². The third-order valence-electron chi connectivity index (χ3n) is 18.4. The maximum absolute atomic E-state index is 7.01. The van der Waals surface area contributed by atoms with E-state index in [1.807, 2.05) is 0 Å². The number of hydrogen-bond acceptors (Lipinski definition) is 3. The molecule has 0 bridgehead atoms. The van der Waals surface area contributed by atoms with Gasteiger partial charge >= 0.3 is 0 Å². The van der Waals surface area contributed by atoms with Crippen LogP contribution in [0.25, 0.3) is 88.4 Å². The lowest BCUT2D eigenvalue weighted by Crippen LogP contribution is -2.24. The summed E-state index contributed by atoms with van der Waals surface area (Å²) in [6, 6.07) is 59.7. The van der Waals surface area contributed by atoms with E-state index in [1.54, 1.807) is 0 Å². The Bertz CT molecular complexity index is 4290. The molecule has 0 radical (unpaired) electrons. The Morgan fingerprint density at radius 2 is 0.877 bits per heavy atom. The topological polar surface area (TPSA) is 29.5 Å². The Morgan fingerprint density at radius 1 is 0.356 bits per heavy atom. The predicted molar refractivity (Wildman–Crippen MR) is 305 cm³/mol. The van der Waals surface area contributed by atoms with E-state index < -0.39 is 0 Å². The van der Waals surface area contributed by atoms with Crippen LogP contribution < -0.4 is 4.90 Å². The van der Waals surface area contributed by atoms with Crippen LogP contribution in [0, 0.1) is 0 Å². The first-order valence-corrected chi connectivity index (χ1v) is 26.3. The van der Waals surface area contributed by atoms with Gasteiger partial charge in [-0.15, -0.1) is 0 Å². The molecule has 3 nitrogen and oxygen atoms in total. The smallest absolute Gasteiger partial charge is 0.144 e. The van der Waals surface area contributed by atoms with Crippen molar-refractivity contribution in [3.63, 3.8) is 0 Å². The number of benzene rings is 9. The van der Waals surface area contributed by atoms with Gasteiger partial charge in [0.15, 0.2) is 0 Å². The summed E-state index contributed by atoms with van der Waals surface area (Å²) in [7, 11) is 0. The van der Waals surface area contributed by atoms with E-state index in [0.29, 0.717) is 0 Å². The number of hydrogen-bond donors (Lipinski definition) is 0. The lowest BCUT2D eigenvalue weighted by molar-refractivity contribution is 0.590. The molecule has 0 saturated heterocycles. The van der Waals surface area contributed by atoms with Crippen LogP contribution in [-0.2, 0) is 27.1 Å². The van der Waals surface area contributed by atoms with Gasteiger partial charge in [-0.3, -0.25) is 0 Å². The molecule has 0 amide bonds. The first kappa shape index (κ1) is 43.0. The monoisotopic (exact) mass is 945 g/mol. The van der Waals surface area contributed by atoms with Crippen molar-refractivity contribution in [3.05, 3.63) is 208 Å². The van der Waals surface area contributed by atoms with E-state index in [1.165, 1.54) is 116 Å². The molecule has 0 atom stereocenters. The van der Waals surface area contributed by atoms with Gasteiger partial charge in [-0.1, -0.05) is 167 Å². The summed E-state index contributed by atoms with van der Waals surface area (Å²) in [6.45, 7) is 26.3. The largest absolute Gasteiger partial charge is 0.456 e. The highest BCUT2D eigenvalue weighted by Crippen LogP contribution is 2.64. The lowest BCUT2D eigenvalue weighted by atomic mass is 9.72. The van der Waals surface area contributed by atoms with E-state index in [9.17, 15) is 0 Å². The van der Waals surface area contributed by atoms with Crippen molar-refractivity contribution in [3.8, 4) is 44.5 Å². The molecule has 0 unspecified atom stereocenters. The normalized spacial score (nSPS) is 16.6. The Balaban J connectivity index is 0.919. The van der Waals surface area contributed by atoms with Gasteiger partial charge in [-0.2, -0.15) is 0 Å². The SMILES string of the molecule is CC(C)(C)c1ccc(N(c2ccc3c(c2)C(C)(C)c2cc4c(cc2-3)C(C)(C)c2ccc3oc5ccccc5c3c2-4)c2ccc3c(c2)C(C)(C)c2c4c(c5oc6ccccc6c5c2-3)-c2ccccc2C4(C)C)cc1. The average molecular weight is 946 g/mol. The summed E-state index contributed by atoms with van der Waals surface area (Å²) in [6.07, 6.45) is 0. The molecule has 0 spiro atoms. The molecule has 0 saturated carbocycles. The van der Waals surface area contributed by atoms with Crippen LogP contribution >= 0.6 is 0 Å². The third kappa shape index (κ3) is 5.35. The number of anilines is 3. The maximum Gasteiger partial charge on any atom is 0.144 e. The Hall–Kier alpha value is -7.62. The van der Waals surface area contributed by atoms with Crippen molar-refractivity contribution in [2.45, 2.75) is 103 Å². The van der Waals surface area contributed by atoms with E-state index in [2.05, 4.69) is 239 Å². The molecular weight excluding hydrogens is 887 g/mol. The van der Waals surface area contributed by atoms with Crippen LogP contribution in [0.2, 0.25) is 0 Å². The summed E-state index contributed by atoms with van der Waals surface area (Å²) in [5, 5.41) is 4.81. The van der Waals surface area contributed by atoms with Crippen LogP contribution in [0.5, 0.6) is 0 Å². The van der Waals surface area contributed by atoms with Crippen LogP contribution in [0.3, 0.4) is 0 Å². The molecule has 2 heterocycles. The van der Waals surface area contributed by atoms with Crippen LogP contribution in [-0.4, -0.2) is 0 Å². The minimum Gasteiger partial charge on any atom is -0.456 e. The fourth-order valence-electron chi connectivity index (χ4n) is 14.6. The summed E-state index contributed by atoms with van der Waals surface area (Å²) in [4.78, 5) is 2.51. The predicted octanol–water partition coefficient (Wildman–Crippen LogP) is 19.5. The molecule has 0 N–H and O–H groups in total. The van der Waals surface area contributed by atoms with Crippen molar-refractivity contribution >= 4 is 60.9 Å². The van der Waals surface area contributed by atoms with Gasteiger partial charge in [-0.25, -0.2) is 0 Å². The molecule has 11 aromatic rings. The highest BCUT2D eigenvalue weighted by molar-refractivity contribution is 6.21. The van der Waals surface area contributed by atoms with Crippen LogP contribution in [0.15, 0.2) is 167 Å². The number of furan rings is 2. The lowest BCUT2D eigenvalue weighted by Gasteiger charge is -2.32. The molecule has 0 fully saturated rings. The van der Waals surface area contributed by atoms with Crippen molar-refractivity contribution in [2.24, 2.45) is 0 Å². The highest BCUT2D eigenvalue weighted by Gasteiger charge is 2.49. The zero-order valence-electron chi connectivity index (χ0n) is 43.8. The molecule has 4 aliphatic carbocycles. The van der Waals surface area contributed by atoms with Gasteiger partial charge in [0.05, 0.1) is 0 Å². The van der Waals surface area contributed by atoms with Gasteiger partial charge in [-0.05, 0) is 161 Å². The average Bonchev–Trinajstić information content (AvgIpc) is 4.16. The zero-order chi connectivity index (χ0) is 50.0. The van der Waals surface area contributed by atoms with E-state index in [-0.39, 0.29) is 27.1 Å². The molecule has 9 aromatic carbocycles. The number of rotatable bonds is 3. The standard InChI is InChI=1S/C70H59NO2/c1-66(2,3)38-24-26-39(27-25-38)71(40-28-30-42-47-36-54-48(37-53(47)68(6,7)51(42)34-40)58-50(67(54,4)5)32-33-57-59(58)45-19-13-16-22-55(45)72-57)41-29-31-44-52(35-41)70(10,11)63-60(44)61-46-20-14-17-23-56(46)73-65(61)62-43-18-12-15-21-49(43)69(8,9)64(62)63/h12-37H,1-11H3. The molecule has 3 heteroatoms. The Labute approximate surface area is 428 Å². The molecule has 15 rings (SSSR count). The Kier molecular flexibility index (Phi) is 8.07. The first-order chi connectivity index (χ1) is 34.9. The second kappa shape index (κ2) is 13.7. The quantitative estimate of drug-likeness (QED) is 0.177. The summed E-state index contributed by atoms with van der Waals surface area (Å²) in [5.41, 5.74) is 29.1. The van der Waals surface area contributed by atoms with Crippen molar-refractivity contribution in [1.29, 1.82) is 0 Å². The zero-order valence-corrected chi connectivity index (χ0v) is 43.8. The molecule has 4 aliphatic rings. The number of para-hydroxylation sites is 2. The fourth-order valence-corrected chi connectivity index (χ4v) is 14.6. The van der Waals surface area contributed by atoms with Gasteiger partial charge < -0.3 is 13.7 Å². The van der Waals surface area contributed by atoms with Crippen LogP contribution in [0.4, 0.5) is 17.1 Å². The van der Waals surface area contributed by atoms with E-state index in [4.69, 9.17) is 8.83 Å². The fraction of sp³-hybridized carbons (Fsp3) is 0.229. The second-order valence-corrected chi connectivity index (χ2v) is 24.8. The highest BCUT2D eigenvalue weighted by atomic mass is 16.3. The third-order valence-corrected chi connectivity index (χ3v) is 18.4. The Morgan fingerprint density at radius 3 is 1.59 bits per heavy atom. The van der Waals surface area contributed by atoms with Crippen molar-refractivity contribution in [2.75, 3.05) is 4.90 Å². The minimum atomic E-state index is -0.318. The van der Waals surface area contributed by atoms with E-state index >= 15 is 0 Å². The molecular formula is C70H59NO2. The maximum atomic E-state index is 7.01. The summed E-state index contributed by atoms with van der Waals surface area (Å²) >= 11 is 0. The number of nitrogens with zero attached hydrogens (tertiary/aromatic N) is 1. The van der Waals surface area contributed by atoms with Gasteiger partial charge in [0, 0.05) is 65.8 Å². The minimum absolute atomic E-state index is 0.0260. The van der Waals surface area contributed by atoms with Crippen molar-refractivity contribution < 1.29 is 8.83 Å². The van der Waals surface area contributed by atoms with Gasteiger partial charge in [0.2, 0.25) is 0 Å². The van der Waals surface area contributed by atoms with Gasteiger partial charge in [0.1, 0.15) is 22.3 Å². The summed E-state index contributed by atoms with van der Waals surface area (Å²) in [5.74, 6) is 0. The summed E-state index contributed by atoms with van der Waals surface area (Å²) < 4.78 is 13.5.